The lowest BCUT2D eigenvalue weighted by Crippen LogP contribution is -2.06. The van der Waals surface area contributed by atoms with E-state index in [4.69, 9.17) is 0 Å². The monoisotopic (exact) mass is 184 g/mol. The van der Waals surface area contributed by atoms with Crippen molar-refractivity contribution in [2.75, 3.05) is 0 Å². The smallest absolute Gasteiger partial charge is 0.159 e. The standard InChI is InChI=1S/C11H17FO/c1-3-4-9(12)7-10-8(2)5-6-11(10)13/h9H,3-7H2,1-2H3/t9-/m1/s1. The Morgan fingerprint density at radius 3 is 2.62 bits per heavy atom. The Balaban J connectivity index is 2.52. The second-order valence-corrected chi connectivity index (χ2v) is 3.77. The van der Waals surface area contributed by atoms with Gasteiger partial charge in [-0.15, -0.1) is 0 Å². The van der Waals surface area contributed by atoms with Gasteiger partial charge in [-0.1, -0.05) is 18.9 Å². The van der Waals surface area contributed by atoms with E-state index in [2.05, 4.69) is 0 Å². The Bertz CT molecular complexity index is 230. The maximum absolute atomic E-state index is 13.2. The summed E-state index contributed by atoms with van der Waals surface area (Å²) < 4.78 is 13.2. The van der Waals surface area contributed by atoms with Gasteiger partial charge in [0.15, 0.2) is 5.78 Å². The minimum atomic E-state index is -0.822. The number of allylic oxidation sites excluding steroid dienone is 2. The molecule has 0 N–H and O–H groups in total. The van der Waals surface area contributed by atoms with Crippen molar-refractivity contribution in [3.63, 3.8) is 0 Å². The highest BCUT2D eigenvalue weighted by atomic mass is 19.1. The summed E-state index contributed by atoms with van der Waals surface area (Å²) >= 11 is 0. The SMILES string of the molecule is CCC[C@@H](F)CC1=C(C)CCC1=O. The Morgan fingerprint density at radius 1 is 1.46 bits per heavy atom. The Kier molecular flexibility index (Phi) is 3.64. The van der Waals surface area contributed by atoms with Crippen LogP contribution in [0.4, 0.5) is 4.39 Å². The second kappa shape index (κ2) is 4.54. The maximum Gasteiger partial charge on any atom is 0.159 e. The summed E-state index contributed by atoms with van der Waals surface area (Å²) in [6.45, 7) is 3.91. The highest BCUT2D eigenvalue weighted by molar-refractivity contribution is 5.98. The van der Waals surface area contributed by atoms with E-state index in [0.29, 0.717) is 19.3 Å². The Labute approximate surface area is 79.0 Å². The molecule has 0 spiro atoms. The van der Waals surface area contributed by atoms with Gasteiger partial charge in [-0.25, -0.2) is 4.39 Å². The molecule has 0 saturated heterocycles. The fourth-order valence-electron chi connectivity index (χ4n) is 1.77. The number of hydrogen-bond acceptors (Lipinski definition) is 1. The third-order valence-electron chi connectivity index (χ3n) is 2.61. The van der Waals surface area contributed by atoms with Crippen molar-refractivity contribution < 1.29 is 9.18 Å². The molecular weight excluding hydrogens is 167 g/mol. The zero-order valence-corrected chi connectivity index (χ0v) is 8.40. The van der Waals surface area contributed by atoms with Crippen LogP contribution in [0.2, 0.25) is 0 Å². The molecule has 0 aromatic carbocycles. The summed E-state index contributed by atoms with van der Waals surface area (Å²) in [5.41, 5.74) is 1.87. The van der Waals surface area contributed by atoms with Crippen molar-refractivity contribution in [3.8, 4) is 0 Å². The first-order valence-electron chi connectivity index (χ1n) is 5.01. The third kappa shape index (κ3) is 2.64. The minimum Gasteiger partial charge on any atom is -0.295 e. The number of Topliss-reactive ketones (excluding diaryl/α,β-unsaturated/α-hetero) is 1. The highest BCUT2D eigenvalue weighted by Crippen LogP contribution is 2.27. The Hall–Kier alpha value is -0.660. The van der Waals surface area contributed by atoms with Crippen molar-refractivity contribution >= 4 is 5.78 Å². The maximum atomic E-state index is 13.2. The van der Waals surface area contributed by atoms with Crippen molar-refractivity contribution in [1.29, 1.82) is 0 Å². The first-order chi connectivity index (χ1) is 6.15. The molecule has 1 aliphatic carbocycles. The molecule has 0 aromatic rings. The molecule has 2 heteroatoms. The molecule has 0 aliphatic heterocycles. The average molecular weight is 184 g/mol. The largest absolute Gasteiger partial charge is 0.295 e. The lowest BCUT2D eigenvalue weighted by molar-refractivity contribution is -0.115. The third-order valence-corrected chi connectivity index (χ3v) is 2.61. The van der Waals surface area contributed by atoms with Crippen molar-refractivity contribution in [3.05, 3.63) is 11.1 Å². The first kappa shape index (κ1) is 10.4. The quantitative estimate of drug-likeness (QED) is 0.655. The molecule has 1 aliphatic rings. The zero-order chi connectivity index (χ0) is 9.84. The van der Waals surface area contributed by atoms with Gasteiger partial charge < -0.3 is 0 Å². The number of carbonyl (C=O) groups is 1. The van der Waals surface area contributed by atoms with Crippen LogP contribution in [0.1, 0.15) is 46.0 Å². The van der Waals surface area contributed by atoms with Crippen molar-refractivity contribution in [2.45, 2.75) is 52.1 Å². The van der Waals surface area contributed by atoms with Gasteiger partial charge in [-0.2, -0.15) is 0 Å². The topological polar surface area (TPSA) is 17.1 Å². The molecule has 0 aromatic heterocycles. The van der Waals surface area contributed by atoms with Crippen molar-refractivity contribution in [2.24, 2.45) is 0 Å². The van der Waals surface area contributed by atoms with Crippen LogP contribution in [0.3, 0.4) is 0 Å². The highest BCUT2D eigenvalue weighted by Gasteiger charge is 2.22. The molecule has 0 radical (unpaired) electrons. The van der Waals surface area contributed by atoms with E-state index in [9.17, 15) is 9.18 Å². The summed E-state index contributed by atoms with van der Waals surface area (Å²) in [6, 6.07) is 0. The lowest BCUT2D eigenvalue weighted by atomic mass is 10.0. The number of halogens is 1. The summed E-state index contributed by atoms with van der Waals surface area (Å²) in [5, 5.41) is 0. The van der Waals surface area contributed by atoms with E-state index in [-0.39, 0.29) is 5.78 Å². The predicted octanol–water partition coefficient (Wildman–Crippen LogP) is 3.19. The minimum absolute atomic E-state index is 0.163. The molecule has 0 bridgehead atoms. The summed E-state index contributed by atoms with van der Waals surface area (Å²) in [4.78, 5) is 11.3. The fourth-order valence-corrected chi connectivity index (χ4v) is 1.77. The van der Waals surface area contributed by atoms with E-state index in [0.717, 1.165) is 24.0 Å². The van der Waals surface area contributed by atoms with Gasteiger partial charge in [0.2, 0.25) is 0 Å². The van der Waals surface area contributed by atoms with E-state index in [1.54, 1.807) is 0 Å². The number of ketones is 1. The number of carbonyl (C=O) groups excluding carboxylic acids is 1. The van der Waals surface area contributed by atoms with E-state index in [1.807, 2.05) is 13.8 Å². The molecular formula is C11H17FO. The first-order valence-corrected chi connectivity index (χ1v) is 5.01. The molecule has 13 heavy (non-hydrogen) atoms. The summed E-state index contributed by atoms with van der Waals surface area (Å²) in [6.07, 6.45) is 2.38. The van der Waals surface area contributed by atoms with Crippen LogP contribution in [-0.2, 0) is 4.79 Å². The zero-order valence-electron chi connectivity index (χ0n) is 8.40. The number of rotatable bonds is 4. The average Bonchev–Trinajstić information content (AvgIpc) is 2.36. The molecule has 0 fully saturated rings. The van der Waals surface area contributed by atoms with E-state index < -0.39 is 6.17 Å². The van der Waals surface area contributed by atoms with Gasteiger partial charge in [0.1, 0.15) is 6.17 Å². The van der Waals surface area contributed by atoms with Gasteiger partial charge in [-0.3, -0.25) is 4.79 Å². The molecule has 0 heterocycles. The van der Waals surface area contributed by atoms with Crippen molar-refractivity contribution in [1.82, 2.24) is 0 Å². The molecule has 1 rings (SSSR count). The summed E-state index contributed by atoms with van der Waals surface area (Å²) in [5.74, 6) is 0.163. The predicted molar refractivity (Wildman–Crippen MR) is 51.4 cm³/mol. The molecule has 74 valence electrons. The normalized spacial score (nSPS) is 19.8. The van der Waals surface area contributed by atoms with Crippen LogP contribution < -0.4 is 0 Å². The van der Waals surface area contributed by atoms with E-state index >= 15 is 0 Å². The van der Waals surface area contributed by atoms with Gasteiger partial charge in [-0.05, 0) is 25.3 Å². The van der Waals surface area contributed by atoms with Crippen LogP contribution in [0.15, 0.2) is 11.1 Å². The lowest BCUT2D eigenvalue weighted by Gasteiger charge is -2.07. The van der Waals surface area contributed by atoms with Gasteiger partial charge in [0.05, 0.1) is 0 Å². The molecule has 0 amide bonds. The number of hydrogen-bond donors (Lipinski definition) is 0. The Morgan fingerprint density at radius 2 is 2.15 bits per heavy atom. The van der Waals surface area contributed by atoms with Crippen LogP contribution in [0.5, 0.6) is 0 Å². The summed E-state index contributed by atoms with van der Waals surface area (Å²) in [7, 11) is 0. The van der Waals surface area contributed by atoms with Crippen LogP contribution >= 0.6 is 0 Å². The molecule has 0 saturated carbocycles. The molecule has 0 unspecified atom stereocenters. The van der Waals surface area contributed by atoms with Gasteiger partial charge in [0.25, 0.3) is 0 Å². The van der Waals surface area contributed by atoms with E-state index in [1.165, 1.54) is 0 Å². The van der Waals surface area contributed by atoms with Crippen LogP contribution in [0.25, 0.3) is 0 Å². The molecule has 1 nitrogen and oxygen atoms in total. The number of alkyl halides is 1. The van der Waals surface area contributed by atoms with Gasteiger partial charge >= 0.3 is 0 Å². The molecule has 1 atom stereocenters. The second-order valence-electron chi connectivity index (χ2n) is 3.77. The van der Waals surface area contributed by atoms with Crippen LogP contribution in [0, 0.1) is 0 Å². The fraction of sp³-hybridized carbons (Fsp3) is 0.727. The van der Waals surface area contributed by atoms with Gasteiger partial charge in [0, 0.05) is 12.8 Å². The van der Waals surface area contributed by atoms with Crippen LogP contribution in [-0.4, -0.2) is 12.0 Å².